The highest BCUT2D eigenvalue weighted by atomic mass is 35.5. The summed E-state index contributed by atoms with van der Waals surface area (Å²) in [6.45, 7) is 1.89. The fraction of sp³-hybridized carbons (Fsp3) is 0.167. The number of aryl methyl sites for hydroxylation is 1. The number of halogens is 1. The number of nitrogen functional groups attached to an aromatic ring is 1. The molecule has 18 heavy (non-hydrogen) atoms. The molecule has 0 spiro atoms. The molecular formula is C12H12ClN3OS. The number of nitrogens with two attached hydrogens (primary N) is 1. The van der Waals surface area contributed by atoms with Gasteiger partial charge in [0.1, 0.15) is 0 Å². The minimum absolute atomic E-state index is 0.156. The fourth-order valence-electron chi connectivity index (χ4n) is 1.54. The molecule has 6 heteroatoms. The minimum Gasteiger partial charge on any atom is -0.375 e. The van der Waals surface area contributed by atoms with E-state index in [1.54, 1.807) is 11.4 Å². The number of amides is 1. The number of hydrogen-bond donors (Lipinski definition) is 2. The number of benzene rings is 1. The zero-order chi connectivity index (χ0) is 13.1. The van der Waals surface area contributed by atoms with E-state index in [-0.39, 0.29) is 12.3 Å². The van der Waals surface area contributed by atoms with Gasteiger partial charge in [0.15, 0.2) is 5.13 Å². The standard InChI is InChI=1S/C12H12ClN3OS/c1-7-3-2-4-9(13)11(7)16-10(17)5-8-6-18-12(14)15-8/h2-4,6H,5H2,1H3,(H2,14,15)(H,16,17). The van der Waals surface area contributed by atoms with Crippen molar-refractivity contribution in [1.82, 2.24) is 4.98 Å². The zero-order valence-electron chi connectivity index (χ0n) is 9.74. The lowest BCUT2D eigenvalue weighted by atomic mass is 10.2. The maximum absolute atomic E-state index is 11.8. The summed E-state index contributed by atoms with van der Waals surface area (Å²) in [5.41, 5.74) is 7.75. The van der Waals surface area contributed by atoms with Gasteiger partial charge in [-0.25, -0.2) is 4.98 Å². The molecule has 0 fully saturated rings. The number of thiazole rings is 1. The molecule has 4 nitrogen and oxygen atoms in total. The highest BCUT2D eigenvalue weighted by molar-refractivity contribution is 7.13. The van der Waals surface area contributed by atoms with Crippen molar-refractivity contribution in [2.24, 2.45) is 0 Å². The van der Waals surface area contributed by atoms with Crippen molar-refractivity contribution in [1.29, 1.82) is 0 Å². The Balaban J connectivity index is 2.08. The largest absolute Gasteiger partial charge is 0.375 e. The van der Waals surface area contributed by atoms with Crippen LogP contribution in [0.25, 0.3) is 0 Å². The summed E-state index contributed by atoms with van der Waals surface area (Å²) in [6.07, 6.45) is 0.193. The van der Waals surface area contributed by atoms with Crippen molar-refractivity contribution < 1.29 is 4.79 Å². The van der Waals surface area contributed by atoms with E-state index in [9.17, 15) is 4.79 Å². The topological polar surface area (TPSA) is 68.0 Å². The molecule has 0 saturated carbocycles. The van der Waals surface area contributed by atoms with Gasteiger partial charge in [0, 0.05) is 5.38 Å². The molecule has 0 atom stereocenters. The van der Waals surface area contributed by atoms with Crippen molar-refractivity contribution in [3.8, 4) is 0 Å². The minimum atomic E-state index is -0.156. The number of carbonyl (C=O) groups is 1. The quantitative estimate of drug-likeness (QED) is 0.909. The van der Waals surface area contributed by atoms with Gasteiger partial charge < -0.3 is 11.1 Å². The second-order valence-electron chi connectivity index (χ2n) is 3.83. The molecule has 1 amide bonds. The SMILES string of the molecule is Cc1cccc(Cl)c1NC(=O)Cc1csc(N)n1. The summed E-state index contributed by atoms with van der Waals surface area (Å²) in [5.74, 6) is -0.156. The maximum Gasteiger partial charge on any atom is 0.230 e. The maximum atomic E-state index is 11.8. The lowest BCUT2D eigenvalue weighted by molar-refractivity contribution is -0.115. The third-order valence-corrected chi connectivity index (χ3v) is 3.44. The first kappa shape index (κ1) is 12.9. The summed E-state index contributed by atoms with van der Waals surface area (Å²) in [7, 11) is 0. The normalized spacial score (nSPS) is 10.3. The van der Waals surface area contributed by atoms with E-state index in [0.717, 1.165) is 5.56 Å². The van der Waals surface area contributed by atoms with Crippen molar-refractivity contribution in [2.75, 3.05) is 11.1 Å². The average molecular weight is 282 g/mol. The molecule has 0 saturated heterocycles. The Bertz CT molecular complexity index is 562. The number of aromatic nitrogens is 1. The monoisotopic (exact) mass is 281 g/mol. The van der Waals surface area contributed by atoms with Crippen LogP contribution in [0.2, 0.25) is 5.02 Å². The Morgan fingerprint density at radius 2 is 2.33 bits per heavy atom. The molecule has 0 bridgehead atoms. The Morgan fingerprint density at radius 3 is 2.94 bits per heavy atom. The zero-order valence-corrected chi connectivity index (χ0v) is 11.3. The number of rotatable bonds is 3. The molecule has 1 aromatic carbocycles. The van der Waals surface area contributed by atoms with Gasteiger partial charge >= 0.3 is 0 Å². The number of hydrogen-bond acceptors (Lipinski definition) is 4. The van der Waals surface area contributed by atoms with Crippen molar-refractivity contribution >= 4 is 39.7 Å². The first-order chi connectivity index (χ1) is 8.56. The Kier molecular flexibility index (Phi) is 3.84. The number of carbonyl (C=O) groups excluding carboxylic acids is 1. The molecule has 0 aliphatic rings. The van der Waals surface area contributed by atoms with Crippen LogP contribution in [-0.2, 0) is 11.2 Å². The number of nitrogens with zero attached hydrogens (tertiary/aromatic N) is 1. The summed E-state index contributed by atoms with van der Waals surface area (Å²) in [6, 6.07) is 5.47. The molecule has 0 aliphatic heterocycles. The molecule has 2 rings (SSSR count). The first-order valence-corrected chi connectivity index (χ1v) is 6.57. The lowest BCUT2D eigenvalue weighted by Crippen LogP contribution is -2.15. The van der Waals surface area contributed by atoms with Crippen LogP contribution in [0, 0.1) is 6.92 Å². The number of nitrogens with one attached hydrogen (secondary N) is 1. The van der Waals surface area contributed by atoms with E-state index in [0.29, 0.717) is 21.5 Å². The summed E-state index contributed by atoms with van der Waals surface area (Å²) >= 11 is 7.35. The van der Waals surface area contributed by atoms with Gasteiger partial charge in [0.2, 0.25) is 5.91 Å². The van der Waals surface area contributed by atoms with E-state index >= 15 is 0 Å². The third kappa shape index (κ3) is 3.00. The first-order valence-electron chi connectivity index (χ1n) is 5.31. The fourth-order valence-corrected chi connectivity index (χ4v) is 2.37. The van der Waals surface area contributed by atoms with Crippen LogP contribution in [0.5, 0.6) is 0 Å². The highest BCUT2D eigenvalue weighted by Crippen LogP contribution is 2.25. The summed E-state index contributed by atoms with van der Waals surface area (Å²) in [5, 5.41) is 5.55. The molecule has 0 unspecified atom stereocenters. The van der Waals surface area contributed by atoms with Crippen molar-refractivity contribution in [3.05, 3.63) is 39.9 Å². The lowest BCUT2D eigenvalue weighted by Gasteiger charge is -2.09. The summed E-state index contributed by atoms with van der Waals surface area (Å²) in [4.78, 5) is 15.9. The molecule has 0 radical (unpaired) electrons. The van der Waals surface area contributed by atoms with Crippen LogP contribution in [0.1, 0.15) is 11.3 Å². The van der Waals surface area contributed by atoms with E-state index in [4.69, 9.17) is 17.3 Å². The molecule has 2 aromatic rings. The van der Waals surface area contributed by atoms with Gasteiger partial charge in [-0.15, -0.1) is 11.3 Å². The van der Waals surface area contributed by atoms with Crippen LogP contribution >= 0.6 is 22.9 Å². The van der Waals surface area contributed by atoms with E-state index in [1.807, 2.05) is 19.1 Å². The van der Waals surface area contributed by atoms with Crippen LogP contribution < -0.4 is 11.1 Å². The Labute approximate surface area is 114 Å². The van der Waals surface area contributed by atoms with Gasteiger partial charge in [0.05, 0.1) is 22.8 Å². The Hall–Kier alpha value is -1.59. The van der Waals surface area contributed by atoms with Crippen molar-refractivity contribution in [2.45, 2.75) is 13.3 Å². The van der Waals surface area contributed by atoms with Gasteiger partial charge in [-0.2, -0.15) is 0 Å². The van der Waals surface area contributed by atoms with E-state index in [1.165, 1.54) is 11.3 Å². The number of anilines is 2. The Morgan fingerprint density at radius 1 is 1.56 bits per heavy atom. The van der Waals surface area contributed by atoms with Crippen LogP contribution in [0.4, 0.5) is 10.8 Å². The van der Waals surface area contributed by atoms with Gasteiger partial charge in [-0.3, -0.25) is 4.79 Å². The third-order valence-electron chi connectivity index (χ3n) is 2.40. The van der Waals surface area contributed by atoms with Gasteiger partial charge in [-0.05, 0) is 18.6 Å². The smallest absolute Gasteiger partial charge is 0.230 e. The molecule has 1 heterocycles. The number of para-hydroxylation sites is 1. The van der Waals surface area contributed by atoms with E-state index in [2.05, 4.69) is 10.3 Å². The van der Waals surface area contributed by atoms with Crippen LogP contribution in [0.15, 0.2) is 23.6 Å². The second-order valence-corrected chi connectivity index (χ2v) is 5.13. The van der Waals surface area contributed by atoms with E-state index < -0.39 is 0 Å². The van der Waals surface area contributed by atoms with Gasteiger partial charge in [-0.1, -0.05) is 23.7 Å². The second kappa shape index (κ2) is 5.37. The predicted octanol–water partition coefficient (Wildman–Crippen LogP) is 2.87. The average Bonchev–Trinajstić information content (AvgIpc) is 2.69. The van der Waals surface area contributed by atoms with Crippen molar-refractivity contribution in [3.63, 3.8) is 0 Å². The molecule has 94 valence electrons. The van der Waals surface area contributed by atoms with Gasteiger partial charge in [0.25, 0.3) is 0 Å². The summed E-state index contributed by atoms with van der Waals surface area (Å²) < 4.78 is 0. The molecular weight excluding hydrogens is 270 g/mol. The predicted molar refractivity (Wildman–Crippen MR) is 75.0 cm³/mol. The molecule has 3 N–H and O–H groups in total. The van der Waals surface area contributed by atoms with Crippen LogP contribution in [-0.4, -0.2) is 10.9 Å². The highest BCUT2D eigenvalue weighted by Gasteiger charge is 2.10. The molecule has 1 aromatic heterocycles. The van der Waals surface area contributed by atoms with Crippen LogP contribution in [0.3, 0.4) is 0 Å². The molecule has 0 aliphatic carbocycles.